The molecule has 0 spiro atoms. The van der Waals surface area contributed by atoms with Gasteiger partial charge in [0.05, 0.1) is 31.2 Å². The van der Waals surface area contributed by atoms with Gasteiger partial charge in [-0.05, 0) is 18.2 Å². The number of sulfonamides is 1. The molecule has 188 valence electrons. The van der Waals surface area contributed by atoms with E-state index in [4.69, 9.17) is 4.74 Å². The molecular formula is C22H32FN5O5S. The standard InChI is InChI=1S/C22H32FN5O5S/c23-19-2-1-3-20(16-19)34(31,32)28-10-8-27(9-11-28)21(29)17-24-4-6-26(7-5-24)22(30)18-25-12-14-33-15-13-25/h1-3,16H,4-15,17-18H2. The van der Waals surface area contributed by atoms with Crippen LogP contribution < -0.4 is 0 Å². The molecule has 0 atom stereocenters. The Balaban J connectivity index is 1.20. The second kappa shape index (κ2) is 11.1. The second-order valence-corrected chi connectivity index (χ2v) is 10.7. The normalized spacial score (nSPS) is 21.6. The van der Waals surface area contributed by atoms with Crippen LogP contribution in [0.4, 0.5) is 4.39 Å². The molecule has 2 amide bonds. The maximum Gasteiger partial charge on any atom is 0.243 e. The van der Waals surface area contributed by atoms with Crippen molar-refractivity contribution < 1.29 is 27.1 Å². The van der Waals surface area contributed by atoms with Crippen molar-refractivity contribution >= 4 is 21.8 Å². The number of amides is 2. The Morgan fingerprint density at radius 3 is 1.88 bits per heavy atom. The molecule has 12 heteroatoms. The lowest BCUT2D eigenvalue weighted by atomic mass is 10.2. The molecule has 0 saturated carbocycles. The number of nitrogens with zero attached hydrogens (tertiary/aromatic N) is 5. The summed E-state index contributed by atoms with van der Waals surface area (Å²) in [7, 11) is -3.79. The third-order valence-electron chi connectivity index (χ3n) is 6.57. The zero-order valence-electron chi connectivity index (χ0n) is 19.3. The average molecular weight is 498 g/mol. The number of hydrogen-bond acceptors (Lipinski definition) is 7. The zero-order chi connectivity index (χ0) is 24.1. The molecule has 1 aromatic rings. The molecule has 1 aromatic carbocycles. The summed E-state index contributed by atoms with van der Waals surface area (Å²) in [5.41, 5.74) is 0. The summed E-state index contributed by atoms with van der Waals surface area (Å²) in [6.07, 6.45) is 0. The largest absolute Gasteiger partial charge is 0.379 e. The third kappa shape index (κ3) is 6.11. The lowest BCUT2D eigenvalue weighted by molar-refractivity contribution is -0.137. The molecule has 3 aliphatic heterocycles. The van der Waals surface area contributed by atoms with E-state index in [9.17, 15) is 22.4 Å². The monoisotopic (exact) mass is 497 g/mol. The SMILES string of the molecule is O=C(CN1CCOCC1)N1CCN(CC(=O)N2CCN(S(=O)(=O)c3cccc(F)c3)CC2)CC1. The smallest absolute Gasteiger partial charge is 0.243 e. The quantitative estimate of drug-likeness (QED) is 0.505. The van der Waals surface area contributed by atoms with Crippen molar-refractivity contribution in [3.8, 4) is 0 Å². The lowest BCUT2D eigenvalue weighted by Gasteiger charge is -2.38. The fourth-order valence-electron chi connectivity index (χ4n) is 4.45. The molecule has 10 nitrogen and oxygen atoms in total. The first-order valence-corrected chi connectivity index (χ1v) is 13.1. The molecule has 0 aromatic heterocycles. The van der Waals surface area contributed by atoms with Crippen LogP contribution in [-0.2, 0) is 24.3 Å². The third-order valence-corrected chi connectivity index (χ3v) is 8.47. The van der Waals surface area contributed by atoms with E-state index < -0.39 is 15.8 Å². The van der Waals surface area contributed by atoms with Gasteiger partial charge >= 0.3 is 0 Å². The van der Waals surface area contributed by atoms with Crippen LogP contribution in [0, 0.1) is 5.82 Å². The highest BCUT2D eigenvalue weighted by Crippen LogP contribution is 2.18. The fourth-order valence-corrected chi connectivity index (χ4v) is 5.91. The molecule has 0 radical (unpaired) electrons. The van der Waals surface area contributed by atoms with Crippen LogP contribution in [-0.4, -0.2) is 136 Å². The maximum atomic E-state index is 13.5. The van der Waals surface area contributed by atoms with Crippen LogP contribution in [0.5, 0.6) is 0 Å². The van der Waals surface area contributed by atoms with Crippen LogP contribution in [0.1, 0.15) is 0 Å². The van der Waals surface area contributed by atoms with E-state index in [0.717, 1.165) is 19.2 Å². The number of hydrogen-bond donors (Lipinski definition) is 0. The van der Waals surface area contributed by atoms with Gasteiger partial charge in [-0.15, -0.1) is 0 Å². The van der Waals surface area contributed by atoms with E-state index in [1.54, 1.807) is 4.90 Å². The predicted octanol–water partition coefficient (Wildman–Crippen LogP) is -0.865. The molecule has 3 fully saturated rings. The number of piperazine rings is 2. The Hall–Kier alpha value is -2.12. The van der Waals surface area contributed by atoms with Crippen LogP contribution in [0.15, 0.2) is 29.2 Å². The highest BCUT2D eigenvalue weighted by Gasteiger charge is 2.31. The molecule has 0 unspecified atom stereocenters. The zero-order valence-corrected chi connectivity index (χ0v) is 20.1. The van der Waals surface area contributed by atoms with Crippen molar-refractivity contribution in [1.82, 2.24) is 23.9 Å². The van der Waals surface area contributed by atoms with Gasteiger partial charge in [0.2, 0.25) is 21.8 Å². The fraction of sp³-hybridized carbons (Fsp3) is 0.636. The molecule has 4 rings (SSSR count). The number of carbonyl (C=O) groups is 2. The Labute approximate surface area is 199 Å². The minimum Gasteiger partial charge on any atom is -0.379 e. The topological polar surface area (TPSA) is 93.7 Å². The minimum absolute atomic E-state index is 0.0455. The molecule has 3 saturated heterocycles. The van der Waals surface area contributed by atoms with Crippen LogP contribution in [0.2, 0.25) is 0 Å². The molecule has 0 bridgehead atoms. The van der Waals surface area contributed by atoms with Gasteiger partial charge in [-0.2, -0.15) is 4.31 Å². The van der Waals surface area contributed by atoms with Crippen molar-refractivity contribution in [1.29, 1.82) is 0 Å². The summed E-state index contributed by atoms with van der Waals surface area (Å²) in [5.74, 6) is -0.530. The van der Waals surface area contributed by atoms with Gasteiger partial charge in [0.1, 0.15) is 5.82 Å². The molecular weight excluding hydrogens is 465 g/mol. The number of benzene rings is 1. The summed E-state index contributed by atoms with van der Waals surface area (Å²) in [4.78, 5) is 32.9. The van der Waals surface area contributed by atoms with Gasteiger partial charge in [0.15, 0.2) is 0 Å². The maximum absolute atomic E-state index is 13.5. The van der Waals surface area contributed by atoms with Crippen LogP contribution in [0.25, 0.3) is 0 Å². The Morgan fingerprint density at radius 2 is 1.32 bits per heavy atom. The molecule has 34 heavy (non-hydrogen) atoms. The number of rotatable bonds is 6. The summed E-state index contributed by atoms with van der Waals surface area (Å²) in [5, 5.41) is 0. The van der Waals surface area contributed by atoms with Gasteiger partial charge in [-0.3, -0.25) is 19.4 Å². The number of carbonyl (C=O) groups excluding carboxylic acids is 2. The minimum atomic E-state index is -3.79. The lowest BCUT2D eigenvalue weighted by Crippen LogP contribution is -2.56. The van der Waals surface area contributed by atoms with E-state index in [1.807, 2.05) is 9.80 Å². The van der Waals surface area contributed by atoms with Gasteiger partial charge in [-0.1, -0.05) is 6.07 Å². The van der Waals surface area contributed by atoms with Crippen molar-refractivity contribution in [3.63, 3.8) is 0 Å². The van der Waals surface area contributed by atoms with E-state index in [-0.39, 0.29) is 36.3 Å². The Morgan fingerprint density at radius 1 is 0.794 bits per heavy atom. The summed E-state index contributed by atoms with van der Waals surface area (Å²) >= 11 is 0. The first-order valence-electron chi connectivity index (χ1n) is 11.7. The summed E-state index contributed by atoms with van der Waals surface area (Å²) in [6, 6.07) is 4.97. The Kier molecular flexibility index (Phi) is 8.14. The van der Waals surface area contributed by atoms with E-state index >= 15 is 0 Å². The van der Waals surface area contributed by atoms with Gasteiger partial charge < -0.3 is 14.5 Å². The van der Waals surface area contributed by atoms with Crippen molar-refractivity contribution in [2.45, 2.75) is 4.90 Å². The molecule has 0 aliphatic carbocycles. The van der Waals surface area contributed by atoms with E-state index in [2.05, 4.69) is 4.90 Å². The molecule has 3 aliphatic rings. The first-order chi connectivity index (χ1) is 16.3. The molecule has 3 heterocycles. The Bertz CT molecular complexity index is 972. The highest BCUT2D eigenvalue weighted by molar-refractivity contribution is 7.89. The van der Waals surface area contributed by atoms with Gasteiger partial charge in [0, 0.05) is 65.4 Å². The van der Waals surface area contributed by atoms with E-state index in [0.29, 0.717) is 59.0 Å². The number of halogens is 1. The van der Waals surface area contributed by atoms with Crippen molar-refractivity contribution in [2.24, 2.45) is 0 Å². The second-order valence-electron chi connectivity index (χ2n) is 8.79. The summed E-state index contributed by atoms with van der Waals surface area (Å²) < 4.78 is 45.6. The average Bonchev–Trinajstić information content (AvgIpc) is 2.85. The van der Waals surface area contributed by atoms with Gasteiger partial charge in [-0.25, -0.2) is 12.8 Å². The first kappa shape index (κ1) is 25.0. The number of ether oxygens (including phenoxy) is 1. The predicted molar refractivity (Wildman–Crippen MR) is 122 cm³/mol. The highest BCUT2D eigenvalue weighted by atomic mass is 32.2. The number of morpholine rings is 1. The van der Waals surface area contributed by atoms with Crippen molar-refractivity contribution in [3.05, 3.63) is 30.1 Å². The van der Waals surface area contributed by atoms with Crippen LogP contribution >= 0.6 is 0 Å². The summed E-state index contributed by atoms with van der Waals surface area (Å²) in [6.45, 7) is 6.93. The molecule has 0 N–H and O–H groups in total. The van der Waals surface area contributed by atoms with Crippen molar-refractivity contribution in [2.75, 3.05) is 91.8 Å². The van der Waals surface area contributed by atoms with Gasteiger partial charge in [0.25, 0.3) is 0 Å². The van der Waals surface area contributed by atoms with E-state index in [1.165, 1.54) is 22.5 Å². The van der Waals surface area contributed by atoms with Crippen LogP contribution in [0.3, 0.4) is 0 Å².